The first-order valence-corrected chi connectivity index (χ1v) is 9.05. The van der Waals surface area contributed by atoms with E-state index in [9.17, 15) is 4.79 Å². The lowest BCUT2D eigenvalue weighted by atomic mass is 10.0. The van der Waals surface area contributed by atoms with E-state index in [2.05, 4.69) is 4.98 Å². The number of furan rings is 1. The molecule has 2 heterocycles. The Labute approximate surface area is 162 Å². The summed E-state index contributed by atoms with van der Waals surface area (Å²) in [5, 5.41) is 0. The van der Waals surface area contributed by atoms with Crippen molar-refractivity contribution in [3.05, 3.63) is 83.6 Å². The minimum Gasteiger partial charge on any atom is -0.494 e. The topological polar surface area (TPSA) is 65.5 Å². The highest BCUT2D eigenvalue weighted by Gasteiger charge is 2.21. The predicted octanol–water partition coefficient (Wildman–Crippen LogP) is 5.55. The third-order valence-electron chi connectivity index (χ3n) is 4.24. The third-order valence-corrected chi connectivity index (χ3v) is 4.24. The van der Waals surface area contributed by atoms with Gasteiger partial charge in [0.2, 0.25) is 5.89 Å². The number of para-hydroxylation sites is 2. The molecule has 140 valence electrons. The number of benzene rings is 2. The number of ether oxygens (including phenoxy) is 1. The quantitative estimate of drug-likeness (QED) is 0.327. The summed E-state index contributed by atoms with van der Waals surface area (Å²) >= 11 is 0. The Hall–Kier alpha value is -3.60. The average Bonchev–Trinajstić information content (AvgIpc) is 3.32. The summed E-state index contributed by atoms with van der Waals surface area (Å²) in [6, 6.07) is 18.1. The molecule has 5 heteroatoms. The van der Waals surface area contributed by atoms with E-state index in [1.807, 2.05) is 50.2 Å². The van der Waals surface area contributed by atoms with Crippen molar-refractivity contribution in [3.8, 4) is 5.75 Å². The van der Waals surface area contributed by atoms with E-state index in [4.69, 9.17) is 13.6 Å². The van der Waals surface area contributed by atoms with Crippen LogP contribution in [0.1, 0.15) is 34.7 Å². The van der Waals surface area contributed by atoms with Crippen LogP contribution in [0.4, 0.5) is 0 Å². The van der Waals surface area contributed by atoms with Gasteiger partial charge in [-0.25, -0.2) is 4.98 Å². The van der Waals surface area contributed by atoms with Crippen LogP contribution in [0.25, 0.3) is 22.7 Å². The lowest BCUT2D eigenvalue weighted by Crippen LogP contribution is -2.03. The number of aromatic nitrogens is 1. The molecule has 0 aliphatic heterocycles. The molecule has 0 fully saturated rings. The van der Waals surface area contributed by atoms with Gasteiger partial charge < -0.3 is 13.6 Å². The fourth-order valence-electron chi connectivity index (χ4n) is 2.91. The van der Waals surface area contributed by atoms with Crippen LogP contribution in [0.2, 0.25) is 0 Å². The lowest BCUT2D eigenvalue weighted by Gasteiger charge is -2.06. The first-order valence-electron chi connectivity index (χ1n) is 9.05. The largest absolute Gasteiger partial charge is 0.494 e. The fraction of sp³-hybridized carbons (Fsp3) is 0.130. The molecular weight excluding hydrogens is 354 g/mol. The Balaban J connectivity index is 1.78. The van der Waals surface area contributed by atoms with E-state index in [1.54, 1.807) is 30.3 Å². The van der Waals surface area contributed by atoms with Gasteiger partial charge in [-0.1, -0.05) is 12.1 Å². The third kappa shape index (κ3) is 3.60. The molecule has 4 aromatic rings. The number of fused-ring (bicyclic) bond motifs is 1. The molecule has 0 aliphatic carbocycles. The van der Waals surface area contributed by atoms with Crippen LogP contribution in [0.3, 0.4) is 0 Å². The summed E-state index contributed by atoms with van der Waals surface area (Å²) in [4.78, 5) is 17.7. The SMILES string of the molecule is CCOc1ccc(C(=O)/C(=C\c2ccc(C)o2)c2nc3ccccc3o2)cc1. The molecular formula is C23H19NO4. The number of Topliss-reactive ketones (excluding diaryl/α,β-unsaturated/α-hetero) is 1. The summed E-state index contributed by atoms with van der Waals surface area (Å²) < 4.78 is 16.9. The zero-order chi connectivity index (χ0) is 19.5. The average molecular weight is 373 g/mol. The van der Waals surface area contributed by atoms with Gasteiger partial charge >= 0.3 is 0 Å². The van der Waals surface area contributed by atoms with Gasteiger partial charge in [0.05, 0.1) is 12.2 Å². The highest BCUT2D eigenvalue weighted by atomic mass is 16.5. The monoisotopic (exact) mass is 373 g/mol. The Morgan fingerprint density at radius 2 is 1.82 bits per heavy atom. The Bertz CT molecular complexity index is 1120. The first-order chi connectivity index (χ1) is 13.6. The molecule has 5 nitrogen and oxygen atoms in total. The molecule has 2 aromatic carbocycles. The molecule has 0 unspecified atom stereocenters. The standard InChI is InChI=1S/C23H19NO4/c1-3-26-17-12-9-16(10-13-17)22(25)19(14-18-11-8-15(2)27-18)23-24-20-6-4-5-7-21(20)28-23/h4-14H,3H2,1-2H3/b19-14+. The van der Waals surface area contributed by atoms with E-state index in [0.717, 1.165) is 5.76 Å². The Morgan fingerprint density at radius 3 is 2.50 bits per heavy atom. The Kier molecular flexibility index (Phi) is 4.81. The van der Waals surface area contributed by atoms with Crippen LogP contribution in [0.5, 0.6) is 5.75 Å². The summed E-state index contributed by atoms with van der Waals surface area (Å²) in [7, 11) is 0. The van der Waals surface area contributed by atoms with Crippen molar-refractivity contribution >= 4 is 28.5 Å². The van der Waals surface area contributed by atoms with Gasteiger partial charge in [0.25, 0.3) is 0 Å². The molecule has 0 saturated carbocycles. The molecule has 28 heavy (non-hydrogen) atoms. The van der Waals surface area contributed by atoms with E-state index in [0.29, 0.717) is 40.4 Å². The van der Waals surface area contributed by atoms with Gasteiger partial charge in [0, 0.05) is 5.56 Å². The maximum Gasteiger partial charge on any atom is 0.231 e. The minimum atomic E-state index is -0.205. The van der Waals surface area contributed by atoms with Crippen molar-refractivity contribution in [2.75, 3.05) is 6.61 Å². The van der Waals surface area contributed by atoms with Gasteiger partial charge in [0.1, 0.15) is 22.8 Å². The van der Waals surface area contributed by atoms with Gasteiger partial charge in [0.15, 0.2) is 11.4 Å². The predicted molar refractivity (Wildman–Crippen MR) is 107 cm³/mol. The molecule has 0 aliphatic rings. The normalized spacial score (nSPS) is 11.7. The van der Waals surface area contributed by atoms with E-state index in [1.165, 1.54) is 0 Å². The van der Waals surface area contributed by atoms with Gasteiger partial charge in [-0.05, 0) is 68.5 Å². The maximum atomic E-state index is 13.3. The van der Waals surface area contributed by atoms with Crippen molar-refractivity contribution in [1.82, 2.24) is 4.98 Å². The van der Waals surface area contributed by atoms with Gasteiger partial charge in [-0.15, -0.1) is 0 Å². The number of hydrogen-bond acceptors (Lipinski definition) is 5. The number of ketones is 1. The molecule has 0 N–H and O–H groups in total. The summed E-state index contributed by atoms with van der Waals surface area (Å²) in [5.74, 6) is 2.09. The van der Waals surface area contributed by atoms with E-state index >= 15 is 0 Å². The number of oxazole rings is 1. The van der Waals surface area contributed by atoms with Crippen LogP contribution >= 0.6 is 0 Å². The van der Waals surface area contributed by atoms with Crippen molar-refractivity contribution < 1.29 is 18.4 Å². The molecule has 0 atom stereocenters. The number of aryl methyl sites for hydroxylation is 1. The van der Waals surface area contributed by atoms with Gasteiger partial charge in [-0.3, -0.25) is 4.79 Å². The zero-order valence-corrected chi connectivity index (χ0v) is 15.6. The van der Waals surface area contributed by atoms with E-state index in [-0.39, 0.29) is 11.7 Å². The number of nitrogens with zero attached hydrogens (tertiary/aromatic N) is 1. The molecule has 0 radical (unpaired) electrons. The zero-order valence-electron chi connectivity index (χ0n) is 15.6. The second-order valence-corrected chi connectivity index (χ2v) is 6.28. The second kappa shape index (κ2) is 7.56. The van der Waals surface area contributed by atoms with Crippen LogP contribution in [-0.2, 0) is 0 Å². The summed E-state index contributed by atoms with van der Waals surface area (Å²) in [6.45, 7) is 4.34. The Morgan fingerprint density at radius 1 is 1.04 bits per heavy atom. The first kappa shape index (κ1) is 17.8. The van der Waals surface area contributed by atoms with Crippen molar-refractivity contribution in [3.63, 3.8) is 0 Å². The molecule has 0 bridgehead atoms. The van der Waals surface area contributed by atoms with Crippen molar-refractivity contribution in [1.29, 1.82) is 0 Å². The van der Waals surface area contributed by atoms with E-state index < -0.39 is 0 Å². The highest BCUT2D eigenvalue weighted by molar-refractivity contribution is 6.31. The van der Waals surface area contributed by atoms with Crippen LogP contribution < -0.4 is 4.74 Å². The smallest absolute Gasteiger partial charge is 0.231 e. The highest BCUT2D eigenvalue weighted by Crippen LogP contribution is 2.27. The molecule has 4 rings (SSSR count). The number of rotatable bonds is 6. The van der Waals surface area contributed by atoms with Crippen molar-refractivity contribution in [2.24, 2.45) is 0 Å². The number of carbonyl (C=O) groups is 1. The lowest BCUT2D eigenvalue weighted by molar-refractivity contribution is 0.105. The molecule has 2 aromatic heterocycles. The summed E-state index contributed by atoms with van der Waals surface area (Å²) in [5.41, 5.74) is 2.16. The molecule has 0 saturated heterocycles. The minimum absolute atomic E-state index is 0.205. The van der Waals surface area contributed by atoms with Crippen LogP contribution in [-0.4, -0.2) is 17.4 Å². The number of allylic oxidation sites excluding steroid dienone is 1. The number of carbonyl (C=O) groups excluding carboxylic acids is 1. The second-order valence-electron chi connectivity index (χ2n) is 6.28. The van der Waals surface area contributed by atoms with Crippen molar-refractivity contribution in [2.45, 2.75) is 13.8 Å². The summed E-state index contributed by atoms with van der Waals surface area (Å²) in [6.07, 6.45) is 1.66. The number of hydrogen-bond donors (Lipinski definition) is 0. The van der Waals surface area contributed by atoms with Crippen LogP contribution in [0, 0.1) is 6.92 Å². The van der Waals surface area contributed by atoms with Crippen LogP contribution in [0.15, 0.2) is 69.5 Å². The van der Waals surface area contributed by atoms with Gasteiger partial charge in [-0.2, -0.15) is 0 Å². The fourth-order valence-corrected chi connectivity index (χ4v) is 2.91. The molecule has 0 spiro atoms. The molecule has 0 amide bonds. The maximum absolute atomic E-state index is 13.3.